The van der Waals surface area contributed by atoms with Crippen LogP contribution in [0.4, 0.5) is 4.39 Å². The maximum Gasteiger partial charge on any atom is 0.251 e. The molecule has 0 aliphatic rings. The number of aromatic nitrogens is 2. The lowest BCUT2D eigenvalue weighted by Crippen LogP contribution is -2.15. The Bertz CT molecular complexity index is 627. The number of halogens is 2. The number of benzene rings is 1. The first-order chi connectivity index (χ1) is 8.60. The second-order valence-corrected chi connectivity index (χ2v) is 4.15. The molecule has 0 amide bonds. The van der Waals surface area contributed by atoms with E-state index in [-0.39, 0.29) is 10.6 Å². The van der Waals surface area contributed by atoms with E-state index in [2.05, 4.69) is 15.3 Å². The Labute approximate surface area is 108 Å². The average Bonchev–Trinajstić information content (AvgIpc) is 2.28. The van der Waals surface area contributed by atoms with Gasteiger partial charge in [-0.05, 0) is 25.2 Å². The number of aromatic amines is 1. The Morgan fingerprint density at radius 2 is 2.22 bits per heavy atom. The van der Waals surface area contributed by atoms with Crippen LogP contribution in [0.15, 0.2) is 29.1 Å². The second-order valence-electron chi connectivity index (χ2n) is 3.74. The molecule has 0 unspecified atom stereocenters. The zero-order valence-electron chi connectivity index (χ0n) is 9.63. The van der Waals surface area contributed by atoms with E-state index in [0.717, 1.165) is 0 Å². The standard InChI is InChI=1S/C12H11ClFN3O/c1-15-6-8-5-11(18)17-12(16-8)9-3-2-7(14)4-10(9)13/h2-5,15H,6H2,1H3,(H,16,17,18). The second kappa shape index (κ2) is 5.29. The minimum absolute atomic E-state index is 0.208. The summed E-state index contributed by atoms with van der Waals surface area (Å²) in [6, 6.07) is 5.34. The number of hydrogen-bond acceptors (Lipinski definition) is 3. The van der Waals surface area contributed by atoms with Crippen molar-refractivity contribution >= 4 is 11.6 Å². The van der Waals surface area contributed by atoms with E-state index in [4.69, 9.17) is 11.6 Å². The van der Waals surface area contributed by atoms with Crippen LogP contribution in [0, 0.1) is 5.82 Å². The molecule has 0 bridgehead atoms. The maximum atomic E-state index is 13.0. The van der Waals surface area contributed by atoms with Gasteiger partial charge >= 0.3 is 0 Å². The summed E-state index contributed by atoms with van der Waals surface area (Å²) in [7, 11) is 1.76. The number of nitrogens with one attached hydrogen (secondary N) is 2. The van der Waals surface area contributed by atoms with Crippen LogP contribution in [0.2, 0.25) is 5.02 Å². The van der Waals surface area contributed by atoms with Crippen molar-refractivity contribution in [3.05, 3.63) is 51.2 Å². The third-order valence-electron chi connectivity index (χ3n) is 2.34. The smallest absolute Gasteiger partial charge is 0.251 e. The number of nitrogens with zero attached hydrogens (tertiary/aromatic N) is 1. The van der Waals surface area contributed by atoms with Crippen molar-refractivity contribution in [3.8, 4) is 11.4 Å². The van der Waals surface area contributed by atoms with Gasteiger partial charge in [0.25, 0.3) is 5.56 Å². The van der Waals surface area contributed by atoms with Gasteiger partial charge in [-0.25, -0.2) is 9.37 Å². The van der Waals surface area contributed by atoms with Gasteiger partial charge in [0.2, 0.25) is 0 Å². The minimum Gasteiger partial charge on any atom is -0.314 e. The molecule has 0 aliphatic carbocycles. The molecule has 0 spiro atoms. The number of H-pyrrole nitrogens is 1. The molecular formula is C12H11ClFN3O. The fourth-order valence-corrected chi connectivity index (χ4v) is 1.85. The van der Waals surface area contributed by atoms with Crippen molar-refractivity contribution in [1.82, 2.24) is 15.3 Å². The Balaban J connectivity index is 2.53. The quantitative estimate of drug-likeness (QED) is 0.894. The largest absolute Gasteiger partial charge is 0.314 e. The molecule has 2 rings (SSSR count). The molecule has 94 valence electrons. The van der Waals surface area contributed by atoms with Gasteiger partial charge in [-0.15, -0.1) is 0 Å². The lowest BCUT2D eigenvalue weighted by Gasteiger charge is -2.06. The molecular weight excluding hydrogens is 257 g/mol. The van der Waals surface area contributed by atoms with Crippen LogP contribution in [0.3, 0.4) is 0 Å². The van der Waals surface area contributed by atoms with E-state index < -0.39 is 5.82 Å². The first-order valence-electron chi connectivity index (χ1n) is 5.30. The third kappa shape index (κ3) is 2.75. The summed E-state index contributed by atoms with van der Waals surface area (Å²) in [5.41, 5.74) is 0.815. The number of rotatable bonds is 3. The van der Waals surface area contributed by atoms with Crippen molar-refractivity contribution in [2.75, 3.05) is 7.05 Å². The topological polar surface area (TPSA) is 57.8 Å². The summed E-state index contributed by atoms with van der Waals surface area (Å²) in [5.74, 6) is -0.102. The molecule has 0 fully saturated rings. The van der Waals surface area contributed by atoms with E-state index in [1.165, 1.54) is 24.3 Å². The van der Waals surface area contributed by atoms with Gasteiger partial charge in [0.1, 0.15) is 11.6 Å². The van der Waals surface area contributed by atoms with Crippen LogP contribution in [0.25, 0.3) is 11.4 Å². The van der Waals surface area contributed by atoms with E-state index in [1.54, 1.807) is 7.05 Å². The van der Waals surface area contributed by atoms with Crippen molar-refractivity contribution in [1.29, 1.82) is 0 Å². The van der Waals surface area contributed by atoms with Gasteiger partial charge in [-0.3, -0.25) is 4.79 Å². The average molecular weight is 268 g/mol. The summed E-state index contributed by atoms with van der Waals surface area (Å²) in [4.78, 5) is 18.3. The van der Waals surface area contributed by atoms with Crippen molar-refractivity contribution in [2.24, 2.45) is 0 Å². The Hall–Kier alpha value is -1.72. The predicted molar refractivity (Wildman–Crippen MR) is 68.0 cm³/mol. The first-order valence-corrected chi connectivity index (χ1v) is 5.68. The van der Waals surface area contributed by atoms with Crippen LogP contribution in [0.5, 0.6) is 0 Å². The lowest BCUT2D eigenvalue weighted by molar-refractivity contribution is 0.628. The highest BCUT2D eigenvalue weighted by atomic mass is 35.5. The summed E-state index contributed by atoms with van der Waals surface area (Å²) in [6.45, 7) is 0.468. The van der Waals surface area contributed by atoms with Crippen molar-refractivity contribution in [2.45, 2.75) is 6.54 Å². The van der Waals surface area contributed by atoms with Gasteiger partial charge < -0.3 is 10.3 Å². The van der Waals surface area contributed by atoms with Gasteiger partial charge in [-0.2, -0.15) is 0 Å². The monoisotopic (exact) mass is 267 g/mol. The zero-order chi connectivity index (χ0) is 13.1. The lowest BCUT2D eigenvalue weighted by atomic mass is 10.2. The number of hydrogen-bond donors (Lipinski definition) is 2. The molecule has 1 aromatic carbocycles. The fourth-order valence-electron chi connectivity index (χ4n) is 1.59. The summed E-state index contributed by atoms with van der Waals surface area (Å²) < 4.78 is 13.0. The van der Waals surface area contributed by atoms with Crippen LogP contribution in [0.1, 0.15) is 5.69 Å². The van der Waals surface area contributed by atoms with Crippen LogP contribution in [-0.4, -0.2) is 17.0 Å². The molecule has 0 radical (unpaired) electrons. The SMILES string of the molecule is CNCc1cc(=O)[nH]c(-c2ccc(F)cc2Cl)n1. The summed E-state index contributed by atoms with van der Waals surface area (Å²) >= 11 is 5.93. The van der Waals surface area contributed by atoms with E-state index >= 15 is 0 Å². The predicted octanol–water partition coefficient (Wildman–Crippen LogP) is 1.95. The molecule has 1 aromatic heterocycles. The van der Waals surface area contributed by atoms with Crippen LogP contribution < -0.4 is 10.9 Å². The molecule has 0 atom stereocenters. The molecule has 0 saturated carbocycles. The molecule has 2 aromatic rings. The van der Waals surface area contributed by atoms with Crippen LogP contribution >= 0.6 is 11.6 Å². The molecule has 0 saturated heterocycles. The van der Waals surface area contributed by atoms with Crippen molar-refractivity contribution < 1.29 is 4.39 Å². The Morgan fingerprint density at radius 3 is 2.89 bits per heavy atom. The summed E-state index contributed by atoms with van der Waals surface area (Å²) in [6.07, 6.45) is 0. The van der Waals surface area contributed by atoms with E-state index in [1.807, 2.05) is 0 Å². The van der Waals surface area contributed by atoms with E-state index in [0.29, 0.717) is 23.6 Å². The first kappa shape index (κ1) is 12.7. The fraction of sp³-hybridized carbons (Fsp3) is 0.167. The Morgan fingerprint density at radius 1 is 1.44 bits per heavy atom. The van der Waals surface area contributed by atoms with Gasteiger partial charge in [-0.1, -0.05) is 11.6 Å². The molecule has 18 heavy (non-hydrogen) atoms. The third-order valence-corrected chi connectivity index (χ3v) is 2.65. The molecule has 6 heteroatoms. The van der Waals surface area contributed by atoms with Gasteiger partial charge in [0, 0.05) is 18.2 Å². The maximum absolute atomic E-state index is 13.0. The van der Waals surface area contributed by atoms with Crippen molar-refractivity contribution in [3.63, 3.8) is 0 Å². The normalized spacial score (nSPS) is 10.6. The van der Waals surface area contributed by atoms with Crippen LogP contribution in [-0.2, 0) is 6.54 Å². The minimum atomic E-state index is -0.433. The van der Waals surface area contributed by atoms with E-state index in [9.17, 15) is 9.18 Å². The van der Waals surface area contributed by atoms with Gasteiger partial charge in [0.05, 0.1) is 10.7 Å². The van der Waals surface area contributed by atoms with Gasteiger partial charge in [0.15, 0.2) is 0 Å². The Kier molecular flexibility index (Phi) is 3.74. The molecule has 1 heterocycles. The highest BCUT2D eigenvalue weighted by Gasteiger charge is 2.08. The molecule has 2 N–H and O–H groups in total. The molecule has 4 nitrogen and oxygen atoms in total. The zero-order valence-corrected chi connectivity index (χ0v) is 10.4. The highest BCUT2D eigenvalue weighted by molar-refractivity contribution is 6.33. The summed E-state index contributed by atoms with van der Waals surface area (Å²) in [5, 5.41) is 3.11. The molecule has 0 aliphatic heterocycles. The highest BCUT2D eigenvalue weighted by Crippen LogP contribution is 2.25.